The summed E-state index contributed by atoms with van der Waals surface area (Å²) in [6.07, 6.45) is 2.18. The van der Waals surface area contributed by atoms with E-state index in [0.717, 1.165) is 5.56 Å². The maximum atomic E-state index is 13.0. The Morgan fingerprint density at radius 2 is 2.00 bits per heavy atom. The molecule has 0 radical (unpaired) electrons. The number of benzene rings is 1. The molecule has 0 spiro atoms. The molecule has 1 aliphatic heterocycles. The zero-order valence-corrected chi connectivity index (χ0v) is 18.3. The Kier molecular flexibility index (Phi) is 7.07. The Morgan fingerprint density at radius 3 is 2.61 bits per heavy atom. The Labute approximate surface area is 182 Å². The van der Waals surface area contributed by atoms with Crippen molar-refractivity contribution in [2.45, 2.75) is 39.3 Å². The van der Waals surface area contributed by atoms with Crippen molar-refractivity contribution >= 4 is 17.4 Å². The average Bonchev–Trinajstić information content (AvgIpc) is 3.00. The lowest BCUT2D eigenvalue weighted by molar-refractivity contribution is -0.140. The van der Waals surface area contributed by atoms with Crippen LogP contribution in [0.5, 0.6) is 5.75 Å². The fourth-order valence-corrected chi connectivity index (χ4v) is 3.67. The minimum absolute atomic E-state index is 0.0136. The topological polar surface area (TPSA) is 89.0 Å². The molecule has 164 valence electrons. The molecule has 0 bridgehead atoms. The number of aryl methyl sites for hydroxylation is 1. The van der Waals surface area contributed by atoms with E-state index in [1.807, 2.05) is 20.8 Å². The van der Waals surface area contributed by atoms with Gasteiger partial charge in [-0.15, -0.1) is 0 Å². The molecule has 1 aromatic heterocycles. The number of carbonyl (C=O) groups excluding carboxylic acids is 2. The van der Waals surface area contributed by atoms with Gasteiger partial charge in [-0.2, -0.15) is 0 Å². The fourth-order valence-electron chi connectivity index (χ4n) is 3.67. The van der Waals surface area contributed by atoms with Crippen LogP contribution in [0.2, 0.25) is 0 Å². The maximum Gasteiger partial charge on any atom is 0.295 e. The van der Waals surface area contributed by atoms with Gasteiger partial charge in [0.25, 0.3) is 11.7 Å². The van der Waals surface area contributed by atoms with Crippen LogP contribution in [0.4, 0.5) is 0 Å². The summed E-state index contributed by atoms with van der Waals surface area (Å²) in [6.45, 7) is 6.51. The van der Waals surface area contributed by atoms with E-state index in [1.165, 1.54) is 4.90 Å². The first-order valence-electron chi connectivity index (χ1n) is 10.3. The van der Waals surface area contributed by atoms with Crippen molar-refractivity contribution in [1.82, 2.24) is 9.88 Å². The molecule has 31 heavy (non-hydrogen) atoms. The number of hydrogen-bond donors (Lipinski definition) is 1. The van der Waals surface area contributed by atoms with Crippen molar-refractivity contribution < 1.29 is 24.2 Å². The van der Waals surface area contributed by atoms with Gasteiger partial charge in [-0.05, 0) is 63.1 Å². The minimum Gasteiger partial charge on any atom is -0.507 e. The van der Waals surface area contributed by atoms with E-state index in [1.54, 1.807) is 49.7 Å². The number of aliphatic hydroxyl groups is 1. The Bertz CT molecular complexity index is 985. The number of ketones is 1. The van der Waals surface area contributed by atoms with Crippen molar-refractivity contribution in [2.24, 2.45) is 0 Å². The molecule has 7 heteroatoms. The Hall–Kier alpha value is -3.19. The van der Waals surface area contributed by atoms with Crippen LogP contribution in [0.15, 0.2) is 48.2 Å². The van der Waals surface area contributed by atoms with E-state index in [0.29, 0.717) is 36.6 Å². The lowest BCUT2D eigenvalue weighted by Crippen LogP contribution is -2.31. The van der Waals surface area contributed by atoms with Gasteiger partial charge in [0, 0.05) is 32.0 Å². The smallest absolute Gasteiger partial charge is 0.295 e. The second kappa shape index (κ2) is 9.75. The van der Waals surface area contributed by atoms with E-state index in [-0.39, 0.29) is 17.4 Å². The average molecular weight is 424 g/mol. The van der Waals surface area contributed by atoms with Crippen LogP contribution in [-0.2, 0) is 14.3 Å². The third-order valence-corrected chi connectivity index (χ3v) is 5.07. The number of rotatable bonds is 8. The first-order valence-corrected chi connectivity index (χ1v) is 10.3. The second-order valence-electron chi connectivity index (χ2n) is 7.74. The predicted molar refractivity (Wildman–Crippen MR) is 117 cm³/mol. The third-order valence-electron chi connectivity index (χ3n) is 5.07. The summed E-state index contributed by atoms with van der Waals surface area (Å²) >= 11 is 0. The number of nitrogens with zero attached hydrogens (tertiary/aromatic N) is 2. The molecule has 1 aromatic carbocycles. The number of ether oxygens (including phenoxy) is 2. The quantitative estimate of drug-likeness (QED) is 0.301. The van der Waals surface area contributed by atoms with E-state index in [2.05, 4.69) is 4.98 Å². The summed E-state index contributed by atoms with van der Waals surface area (Å²) in [6, 6.07) is 9.74. The van der Waals surface area contributed by atoms with Gasteiger partial charge in [-0.1, -0.05) is 6.07 Å². The first-order chi connectivity index (χ1) is 14.8. The summed E-state index contributed by atoms with van der Waals surface area (Å²) in [5.74, 6) is -0.884. The fraction of sp³-hybridized carbons (Fsp3) is 0.375. The molecule has 7 nitrogen and oxygen atoms in total. The van der Waals surface area contributed by atoms with Gasteiger partial charge in [-0.25, -0.2) is 0 Å². The highest BCUT2D eigenvalue weighted by molar-refractivity contribution is 6.46. The van der Waals surface area contributed by atoms with E-state index >= 15 is 0 Å². The van der Waals surface area contributed by atoms with Crippen LogP contribution < -0.4 is 4.74 Å². The molecule has 2 heterocycles. The number of carbonyl (C=O) groups is 2. The number of hydrogen-bond acceptors (Lipinski definition) is 6. The zero-order chi connectivity index (χ0) is 22.5. The van der Waals surface area contributed by atoms with Crippen molar-refractivity contribution in [1.29, 1.82) is 0 Å². The van der Waals surface area contributed by atoms with Gasteiger partial charge in [-0.3, -0.25) is 14.6 Å². The molecule has 1 fully saturated rings. The standard InChI is InChI=1S/C24H28N2O5/c1-15(2)31-19-10-9-17(14-16(19)3)22(27)20-21(18-8-5-6-11-25-18)26(12-7-13-30-4)24(29)23(20)28/h5-6,8-11,14-15,21,27H,7,12-13H2,1-4H3/b22-20-. The van der Waals surface area contributed by atoms with E-state index in [4.69, 9.17) is 9.47 Å². The Balaban J connectivity index is 2.07. The normalized spacial score (nSPS) is 18.1. The number of methoxy groups -OCH3 is 1. The molecule has 1 unspecified atom stereocenters. The number of likely N-dealkylation sites (tertiary alicyclic amines) is 1. The van der Waals surface area contributed by atoms with Crippen LogP contribution in [0, 0.1) is 6.92 Å². The molecule has 1 aliphatic rings. The van der Waals surface area contributed by atoms with Crippen LogP contribution in [0.1, 0.15) is 43.1 Å². The minimum atomic E-state index is -0.759. The number of aromatic nitrogens is 1. The number of aliphatic hydroxyl groups excluding tert-OH is 1. The molecule has 2 aromatic rings. The van der Waals surface area contributed by atoms with Crippen molar-refractivity contribution in [2.75, 3.05) is 20.3 Å². The van der Waals surface area contributed by atoms with Gasteiger partial charge < -0.3 is 19.5 Å². The highest BCUT2D eigenvalue weighted by atomic mass is 16.5. The molecular formula is C24H28N2O5. The second-order valence-corrected chi connectivity index (χ2v) is 7.74. The summed E-state index contributed by atoms with van der Waals surface area (Å²) in [7, 11) is 1.58. The van der Waals surface area contributed by atoms with Crippen LogP contribution in [0.25, 0.3) is 5.76 Å². The van der Waals surface area contributed by atoms with E-state index in [9.17, 15) is 14.7 Å². The van der Waals surface area contributed by atoms with Gasteiger partial charge in [0.15, 0.2) is 0 Å². The van der Waals surface area contributed by atoms with Gasteiger partial charge in [0.1, 0.15) is 17.6 Å². The molecular weight excluding hydrogens is 396 g/mol. The van der Waals surface area contributed by atoms with Crippen LogP contribution >= 0.6 is 0 Å². The molecule has 1 N–H and O–H groups in total. The summed E-state index contributed by atoms with van der Waals surface area (Å²) < 4.78 is 10.8. The van der Waals surface area contributed by atoms with Crippen LogP contribution in [-0.4, -0.2) is 53.0 Å². The number of pyridine rings is 1. The highest BCUT2D eigenvalue weighted by Crippen LogP contribution is 2.39. The molecule has 1 saturated heterocycles. The van der Waals surface area contributed by atoms with Crippen LogP contribution in [0.3, 0.4) is 0 Å². The van der Waals surface area contributed by atoms with Gasteiger partial charge in [0.05, 0.1) is 17.4 Å². The largest absolute Gasteiger partial charge is 0.507 e. The number of Topliss-reactive ketones (excluding diaryl/α,β-unsaturated/α-hetero) is 1. The SMILES string of the molecule is COCCCN1C(=O)C(=O)/C(=C(\O)c2ccc(OC(C)C)c(C)c2)C1c1ccccn1. The molecule has 0 saturated carbocycles. The van der Waals surface area contributed by atoms with Crippen molar-refractivity contribution in [3.63, 3.8) is 0 Å². The first kappa shape index (κ1) is 22.5. The monoisotopic (exact) mass is 424 g/mol. The van der Waals surface area contributed by atoms with Gasteiger partial charge in [0.2, 0.25) is 0 Å². The lowest BCUT2D eigenvalue weighted by atomic mass is 9.97. The van der Waals surface area contributed by atoms with Crippen molar-refractivity contribution in [3.05, 3.63) is 65.0 Å². The highest BCUT2D eigenvalue weighted by Gasteiger charge is 2.46. The predicted octanol–water partition coefficient (Wildman–Crippen LogP) is 3.64. The lowest BCUT2D eigenvalue weighted by Gasteiger charge is -2.24. The zero-order valence-electron chi connectivity index (χ0n) is 18.3. The van der Waals surface area contributed by atoms with Crippen molar-refractivity contribution in [3.8, 4) is 5.75 Å². The molecule has 0 aliphatic carbocycles. The maximum absolute atomic E-state index is 13.0. The van der Waals surface area contributed by atoms with Gasteiger partial charge >= 0.3 is 0 Å². The molecule has 1 amide bonds. The molecule has 1 atom stereocenters. The Morgan fingerprint density at radius 1 is 1.23 bits per heavy atom. The summed E-state index contributed by atoms with van der Waals surface area (Å²) in [5, 5.41) is 11.1. The summed E-state index contributed by atoms with van der Waals surface area (Å²) in [5.41, 5.74) is 1.83. The van der Waals surface area contributed by atoms with E-state index < -0.39 is 17.7 Å². The third kappa shape index (κ3) is 4.77. The summed E-state index contributed by atoms with van der Waals surface area (Å²) in [4.78, 5) is 31.6. The molecule has 3 rings (SSSR count). The number of amides is 1.